The normalized spacial score (nSPS) is 21.9. The average molecular weight is 385 g/mol. The average Bonchev–Trinajstić information content (AvgIpc) is 3.11. The number of likely N-dealkylation sites (tertiary alicyclic amines) is 1. The SMILES string of the molecule is O=C(CN1CCC2(CCC1=O)NC(=O)c1ccccc1N2)Nc1nccs1. The third-order valence-electron chi connectivity index (χ3n) is 4.84. The molecule has 4 rings (SSSR count). The van der Waals surface area contributed by atoms with Crippen LogP contribution in [0.15, 0.2) is 35.8 Å². The molecule has 0 radical (unpaired) electrons. The second-order valence-corrected chi connectivity index (χ2v) is 7.55. The predicted octanol–water partition coefficient (Wildman–Crippen LogP) is 1.65. The molecule has 1 unspecified atom stereocenters. The quantitative estimate of drug-likeness (QED) is 0.745. The minimum atomic E-state index is -0.679. The topological polar surface area (TPSA) is 103 Å². The van der Waals surface area contributed by atoms with Crippen LogP contribution in [0.2, 0.25) is 0 Å². The lowest BCUT2D eigenvalue weighted by atomic mass is 9.95. The molecule has 1 aromatic carbocycles. The Bertz CT molecular complexity index is 885. The number of hydrogen-bond acceptors (Lipinski definition) is 6. The van der Waals surface area contributed by atoms with E-state index in [1.54, 1.807) is 17.6 Å². The number of benzene rings is 1. The first kappa shape index (κ1) is 17.5. The molecule has 1 fully saturated rings. The highest BCUT2D eigenvalue weighted by Crippen LogP contribution is 2.31. The lowest BCUT2D eigenvalue weighted by Crippen LogP contribution is -2.58. The standard InChI is InChI=1S/C18H19N5O3S/c24-14(20-17-19-8-10-27-17)11-23-9-7-18(6-5-15(23)25)21-13-4-2-1-3-12(13)16(26)22-18/h1-4,8,10,21H,5-7,9,11H2,(H,22,26)(H,19,20,24). The molecule has 140 valence electrons. The molecule has 0 saturated carbocycles. The zero-order valence-corrected chi connectivity index (χ0v) is 15.3. The first-order valence-electron chi connectivity index (χ1n) is 8.71. The lowest BCUT2D eigenvalue weighted by Gasteiger charge is -2.39. The van der Waals surface area contributed by atoms with E-state index in [0.717, 1.165) is 5.69 Å². The van der Waals surface area contributed by atoms with Crippen LogP contribution < -0.4 is 16.0 Å². The van der Waals surface area contributed by atoms with Gasteiger partial charge >= 0.3 is 0 Å². The maximum Gasteiger partial charge on any atom is 0.255 e. The van der Waals surface area contributed by atoms with Gasteiger partial charge in [0.05, 0.1) is 12.1 Å². The van der Waals surface area contributed by atoms with Gasteiger partial charge < -0.3 is 20.9 Å². The van der Waals surface area contributed by atoms with Gasteiger partial charge in [-0.05, 0) is 18.6 Å². The number of para-hydroxylation sites is 1. The van der Waals surface area contributed by atoms with Crippen molar-refractivity contribution in [1.29, 1.82) is 0 Å². The van der Waals surface area contributed by atoms with Crippen LogP contribution >= 0.6 is 11.3 Å². The first-order valence-corrected chi connectivity index (χ1v) is 9.59. The van der Waals surface area contributed by atoms with Crippen molar-refractivity contribution in [3.63, 3.8) is 0 Å². The van der Waals surface area contributed by atoms with E-state index in [4.69, 9.17) is 0 Å². The highest BCUT2D eigenvalue weighted by atomic mass is 32.1. The molecule has 27 heavy (non-hydrogen) atoms. The van der Waals surface area contributed by atoms with Crippen molar-refractivity contribution in [2.24, 2.45) is 0 Å². The van der Waals surface area contributed by atoms with Crippen molar-refractivity contribution in [3.05, 3.63) is 41.4 Å². The highest BCUT2D eigenvalue weighted by Gasteiger charge is 2.40. The fraction of sp³-hybridized carbons (Fsp3) is 0.333. The third kappa shape index (κ3) is 3.63. The van der Waals surface area contributed by atoms with Gasteiger partial charge in [-0.15, -0.1) is 11.3 Å². The van der Waals surface area contributed by atoms with Gasteiger partial charge in [0.2, 0.25) is 11.8 Å². The second kappa shape index (κ2) is 6.99. The summed E-state index contributed by atoms with van der Waals surface area (Å²) in [7, 11) is 0. The van der Waals surface area contributed by atoms with Gasteiger partial charge in [-0.2, -0.15) is 0 Å². The molecule has 9 heteroatoms. The number of nitrogens with zero attached hydrogens (tertiary/aromatic N) is 2. The number of nitrogens with one attached hydrogen (secondary N) is 3. The minimum Gasteiger partial charge on any atom is -0.362 e. The number of rotatable bonds is 3. The van der Waals surface area contributed by atoms with E-state index in [1.165, 1.54) is 16.2 Å². The van der Waals surface area contributed by atoms with Gasteiger partial charge in [-0.25, -0.2) is 4.98 Å². The van der Waals surface area contributed by atoms with Crippen molar-refractivity contribution in [3.8, 4) is 0 Å². The number of fused-ring (bicyclic) bond motifs is 1. The van der Waals surface area contributed by atoms with Crippen molar-refractivity contribution in [2.45, 2.75) is 24.9 Å². The van der Waals surface area contributed by atoms with Crippen LogP contribution in [-0.4, -0.2) is 46.4 Å². The zero-order chi connectivity index (χ0) is 18.9. The van der Waals surface area contributed by atoms with E-state index >= 15 is 0 Å². The summed E-state index contributed by atoms with van der Waals surface area (Å²) in [6, 6.07) is 7.32. The van der Waals surface area contributed by atoms with Crippen LogP contribution in [0.3, 0.4) is 0 Å². The monoisotopic (exact) mass is 385 g/mol. The molecule has 3 N–H and O–H groups in total. The van der Waals surface area contributed by atoms with E-state index in [1.807, 2.05) is 18.2 Å². The fourth-order valence-corrected chi connectivity index (χ4v) is 4.00. The highest BCUT2D eigenvalue weighted by molar-refractivity contribution is 7.13. The molecule has 2 aromatic rings. The summed E-state index contributed by atoms with van der Waals surface area (Å²) in [5, 5.41) is 11.4. The van der Waals surface area contributed by atoms with Crippen LogP contribution in [0.4, 0.5) is 10.8 Å². The van der Waals surface area contributed by atoms with Crippen LogP contribution in [0.5, 0.6) is 0 Å². The summed E-state index contributed by atoms with van der Waals surface area (Å²) in [4.78, 5) is 42.7. The maximum atomic E-state index is 12.5. The molecule has 2 aliphatic rings. The largest absolute Gasteiger partial charge is 0.362 e. The Hall–Kier alpha value is -2.94. The number of amides is 3. The Labute approximate surface area is 160 Å². The molecular formula is C18H19N5O3S. The van der Waals surface area contributed by atoms with Crippen LogP contribution in [-0.2, 0) is 9.59 Å². The molecule has 0 aliphatic carbocycles. The summed E-state index contributed by atoms with van der Waals surface area (Å²) in [6.07, 6.45) is 2.84. The Kier molecular flexibility index (Phi) is 4.53. The lowest BCUT2D eigenvalue weighted by molar-refractivity contribution is -0.134. The number of carbonyl (C=O) groups excluding carboxylic acids is 3. The van der Waals surface area contributed by atoms with Gasteiger partial charge in [-0.3, -0.25) is 14.4 Å². The summed E-state index contributed by atoms with van der Waals surface area (Å²) in [6.45, 7) is 0.346. The predicted molar refractivity (Wildman–Crippen MR) is 101 cm³/mol. The Morgan fingerprint density at radius 1 is 1.26 bits per heavy atom. The van der Waals surface area contributed by atoms with E-state index in [2.05, 4.69) is 20.9 Å². The molecule has 3 amide bonds. The molecular weight excluding hydrogens is 366 g/mol. The molecule has 1 spiro atoms. The summed E-state index contributed by atoms with van der Waals surface area (Å²) in [5.74, 6) is -0.525. The second-order valence-electron chi connectivity index (χ2n) is 6.66. The molecule has 2 aliphatic heterocycles. The molecule has 1 aromatic heterocycles. The molecule has 1 saturated heterocycles. The summed E-state index contributed by atoms with van der Waals surface area (Å²) in [5.41, 5.74) is 0.684. The van der Waals surface area contributed by atoms with Gasteiger partial charge in [0.1, 0.15) is 5.66 Å². The van der Waals surface area contributed by atoms with E-state index in [0.29, 0.717) is 30.1 Å². The third-order valence-corrected chi connectivity index (χ3v) is 5.53. The molecule has 0 bridgehead atoms. The summed E-state index contributed by atoms with van der Waals surface area (Å²) < 4.78 is 0. The number of carbonyl (C=O) groups is 3. The summed E-state index contributed by atoms with van der Waals surface area (Å²) >= 11 is 1.33. The number of anilines is 2. The minimum absolute atomic E-state index is 0.0287. The Morgan fingerprint density at radius 3 is 2.93 bits per heavy atom. The van der Waals surface area contributed by atoms with Gasteiger partial charge in [0, 0.05) is 36.7 Å². The molecule has 1 atom stereocenters. The number of hydrogen-bond donors (Lipinski definition) is 3. The van der Waals surface area contributed by atoms with Crippen molar-refractivity contribution in [2.75, 3.05) is 23.7 Å². The van der Waals surface area contributed by atoms with Crippen LogP contribution in [0.25, 0.3) is 0 Å². The van der Waals surface area contributed by atoms with Crippen molar-refractivity contribution < 1.29 is 14.4 Å². The molecule has 8 nitrogen and oxygen atoms in total. The van der Waals surface area contributed by atoms with Gasteiger partial charge in [0.15, 0.2) is 5.13 Å². The zero-order valence-electron chi connectivity index (χ0n) is 14.5. The maximum absolute atomic E-state index is 12.5. The van der Waals surface area contributed by atoms with Crippen molar-refractivity contribution in [1.82, 2.24) is 15.2 Å². The van der Waals surface area contributed by atoms with E-state index in [-0.39, 0.29) is 30.7 Å². The van der Waals surface area contributed by atoms with Gasteiger partial charge in [0.25, 0.3) is 5.91 Å². The number of aromatic nitrogens is 1. The van der Waals surface area contributed by atoms with Crippen LogP contribution in [0.1, 0.15) is 29.6 Å². The van der Waals surface area contributed by atoms with E-state index < -0.39 is 5.66 Å². The Balaban J connectivity index is 1.44. The van der Waals surface area contributed by atoms with E-state index in [9.17, 15) is 14.4 Å². The van der Waals surface area contributed by atoms with Gasteiger partial charge in [-0.1, -0.05) is 12.1 Å². The van der Waals surface area contributed by atoms with Crippen LogP contribution in [0, 0.1) is 0 Å². The first-order chi connectivity index (χ1) is 13.0. The Morgan fingerprint density at radius 2 is 2.11 bits per heavy atom. The fourth-order valence-electron chi connectivity index (χ4n) is 3.45. The number of thiazole rings is 1. The smallest absolute Gasteiger partial charge is 0.255 e. The van der Waals surface area contributed by atoms with Crippen molar-refractivity contribution >= 4 is 39.9 Å². The molecule has 3 heterocycles.